The average Bonchev–Trinajstić information content (AvgIpc) is 3.15. The number of hydrogen-bond acceptors (Lipinski definition) is 2. The third-order valence-corrected chi connectivity index (χ3v) is 4.91. The van der Waals surface area contributed by atoms with E-state index in [9.17, 15) is 0 Å². The zero-order chi connectivity index (χ0) is 17.9. The Hall–Kier alpha value is -3.00. The first-order chi connectivity index (χ1) is 12.7. The molecule has 1 N–H and O–H groups in total. The lowest BCUT2D eigenvalue weighted by Crippen LogP contribution is -2.33. The van der Waals surface area contributed by atoms with E-state index in [1.54, 1.807) is 0 Å². The molecule has 130 valence electrons. The Morgan fingerprint density at radius 2 is 1.38 bits per heavy atom. The van der Waals surface area contributed by atoms with Crippen molar-refractivity contribution in [2.24, 2.45) is 0 Å². The summed E-state index contributed by atoms with van der Waals surface area (Å²) >= 11 is 0. The molecular weight excluding hydrogens is 316 g/mol. The van der Waals surface area contributed by atoms with Crippen LogP contribution in [0.5, 0.6) is 0 Å². The van der Waals surface area contributed by atoms with Gasteiger partial charge in [0, 0.05) is 0 Å². The number of hydrogen-bond donors (Lipinski definition) is 1. The van der Waals surface area contributed by atoms with E-state index in [0.717, 1.165) is 11.4 Å². The Balaban J connectivity index is 1.70. The highest BCUT2D eigenvalue weighted by Gasteiger charge is 2.26. The van der Waals surface area contributed by atoms with Gasteiger partial charge in [0.05, 0.1) is 17.4 Å². The van der Waals surface area contributed by atoms with Crippen LogP contribution in [0.4, 0.5) is 5.69 Å². The highest BCUT2D eigenvalue weighted by Crippen LogP contribution is 2.35. The molecule has 2 heteroatoms. The van der Waals surface area contributed by atoms with Crippen LogP contribution in [0.1, 0.15) is 42.5 Å². The maximum atomic E-state index is 3.62. The molecule has 0 aromatic heterocycles. The summed E-state index contributed by atoms with van der Waals surface area (Å²) in [5, 5.41) is 2.24. The average molecular weight is 340 g/mol. The molecule has 0 radical (unpaired) electrons. The first-order valence-corrected chi connectivity index (χ1v) is 9.20. The van der Waals surface area contributed by atoms with Gasteiger partial charge >= 0.3 is 0 Å². The maximum absolute atomic E-state index is 3.62. The molecule has 3 aromatic rings. The summed E-state index contributed by atoms with van der Waals surface area (Å²) in [4.78, 5) is 0. The zero-order valence-electron chi connectivity index (χ0n) is 15.3. The van der Waals surface area contributed by atoms with Crippen LogP contribution in [0.2, 0.25) is 0 Å². The number of benzene rings is 3. The van der Waals surface area contributed by atoms with Crippen LogP contribution in [-0.4, -0.2) is 0 Å². The van der Waals surface area contributed by atoms with Crippen LogP contribution in [0, 0.1) is 0 Å². The van der Waals surface area contributed by atoms with Gasteiger partial charge in [0.25, 0.3) is 0 Å². The molecule has 0 saturated carbocycles. The summed E-state index contributed by atoms with van der Waals surface area (Å²) in [5.74, 6) is 0.549. The van der Waals surface area contributed by atoms with Gasteiger partial charge in [-0.1, -0.05) is 86.6 Å². The monoisotopic (exact) mass is 340 g/mol. The van der Waals surface area contributed by atoms with Crippen LogP contribution in [0.25, 0.3) is 5.70 Å². The minimum absolute atomic E-state index is 0.165. The number of rotatable bonds is 4. The van der Waals surface area contributed by atoms with Crippen LogP contribution >= 0.6 is 0 Å². The predicted octanol–water partition coefficient (Wildman–Crippen LogP) is 5.92. The van der Waals surface area contributed by atoms with Crippen molar-refractivity contribution >= 4 is 11.4 Å². The van der Waals surface area contributed by atoms with Gasteiger partial charge in [-0.2, -0.15) is 0 Å². The lowest BCUT2D eigenvalue weighted by molar-refractivity contribution is 0.724. The highest BCUT2D eigenvalue weighted by atomic mass is 15.5. The summed E-state index contributed by atoms with van der Waals surface area (Å²) in [6.07, 6.45) is 2.31. The van der Waals surface area contributed by atoms with Gasteiger partial charge in [-0.25, -0.2) is 0 Å². The first kappa shape index (κ1) is 16.5. The molecule has 1 unspecified atom stereocenters. The smallest absolute Gasteiger partial charge is 0.0958 e. The normalized spacial score (nSPS) is 16.5. The molecule has 0 fully saturated rings. The summed E-state index contributed by atoms with van der Waals surface area (Å²) in [7, 11) is 0. The second-order valence-corrected chi connectivity index (χ2v) is 7.03. The van der Waals surface area contributed by atoms with Gasteiger partial charge in [0.1, 0.15) is 0 Å². The van der Waals surface area contributed by atoms with E-state index in [0.29, 0.717) is 5.92 Å². The third-order valence-electron chi connectivity index (χ3n) is 4.91. The molecule has 0 saturated heterocycles. The molecule has 4 rings (SSSR count). The summed E-state index contributed by atoms with van der Waals surface area (Å²) in [6, 6.07) is 30.2. The summed E-state index contributed by atoms with van der Waals surface area (Å²) in [5.41, 5.74) is 9.78. The lowest BCUT2D eigenvalue weighted by atomic mass is 10.00. The standard InChI is InChI=1S/C24H24N2/c1-18(2)19-13-15-20(16-14-19)23-17-24(21-9-5-3-6-10-21)26(25-23)22-11-7-4-8-12-22/h3-18,24-25H,1-2H3. The fraction of sp³-hybridized carbons (Fsp3) is 0.167. The Bertz CT molecular complexity index is 881. The predicted molar refractivity (Wildman–Crippen MR) is 110 cm³/mol. The molecule has 1 aliphatic heterocycles. The van der Waals surface area contributed by atoms with Crippen LogP contribution in [0.3, 0.4) is 0 Å². The molecule has 0 amide bonds. The first-order valence-electron chi connectivity index (χ1n) is 9.20. The Kier molecular flexibility index (Phi) is 4.49. The van der Waals surface area contributed by atoms with Crippen LogP contribution in [0.15, 0.2) is 91.0 Å². The van der Waals surface area contributed by atoms with Crippen molar-refractivity contribution in [1.29, 1.82) is 0 Å². The van der Waals surface area contributed by atoms with Gasteiger partial charge in [-0.15, -0.1) is 0 Å². The Morgan fingerprint density at radius 1 is 0.769 bits per heavy atom. The van der Waals surface area contributed by atoms with Crippen molar-refractivity contribution in [2.45, 2.75) is 25.8 Å². The van der Waals surface area contributed by atoms with Crippen molar-refractivity contribution in [2.75, 3.05) is 5.01 Å². The fourth-order valence-corrected chi connectivity index (χ4v) is 3.39. The van der Waals surface area contributed by atoms with E-state index in [4.69, 9.17) is 0 Å². The molecule has 1 aliphatic rings. The van der Waals surface area contributed by atoms with Gasteiger partial charge in [-0.05, 0) is 40.8 Å². The minimum atomic E-state index is 0.165. The molecular formula is C24H24N2. The lowest BCUT2D eigenvalue weighted by Gasteiger charge is -2.27. The van der Waals surface area contributed by atoms with E-state index in [1.807, 2.05) is 0 Å². The van der Waals surface area contributed by atoms with Crippen LogP contribution < -0.4 is 10.4 Å². The Morgan fingerprint density at radius 3 is 2.00 bits per heavy atom. The number of hydrazine groups is 1. The molecule has 1 heterocycles. The zero-order valence-corrected chi connectivity index (χ0v) is 15.3. The van der Waals surface area contributed by atoms with Crippen molar-refractivity contribution < 1.29 is 0 Å². The topological polar surface area (TPSA) is 15.3 Å². The van der Waals surface area contributed by atoms with E-state index >= 15 is 0 Å². The van der Waals surface area contributed by atoms with Gasteiger partial charge in [-0.3, -0.25) is 10.4 Å². The number of anilines is 1. The fourth-order valence-electron chi connectivity index (χ4n) is 3.39. The van der Waals surface area contributed by atoms with Gasteiger partial charge in [0.2, 0.25) is 0 Å². The molecule has 26 heavy (non-hydrogen) atoms. The summed E-state index contributed by atoms with van der Waals surface area (Å²) in [6.45, 7) is 4.45. The van der Waals surface area contributed by atoms with Crippen molar-refractivity contribution in [3.05, 3.63) is 108 Å². The number of nitrogens with zero attached hydrogens (tertiary/aromatic N) is 1. The van der Waals surface area contributed by atoms with Crippen molar-refractivity contribution in [3.63, 3.8) is 0 Å². The highest BCUT2D eigenvalue weighted by molar-refractivity contribution is 5.72. The number of para-hydroxylation sites is 1. The van der Waals surface area contributed by atoms with Gasteiger partial charge in [0.15, 0.2) is 0 Å². The van der Waals surface area contributed by atoms with Crippen LogP contribution in [-0.2, 0) is 0 Å². The molecule has 1 atom stereocenters. The van der Waals surface area contributed by atoms with Gasteiger partial charge < -0.3 is 0 Å². The number of nitrogens with one attached hydrogen (secondary N) is 1. The molecule has 0 bridgehead atoms. The van der Waals surface area contributed by atoms with E-state index < -0.39 is 0 Å². The molecule has 2 nitrogen and oxygen atoms in total. The van der Waals surface area contributed by atoms with Crippen molar-refractivity contribution in [1.82, 2.24) is 5.43 Å². The van der Waals surface area contributed by atoms with Crippen molar-refractivity contribution in [3.8, 4) is 0 Å². The largest absolute Gasteiger partial charge is 0.297 e. The second-order valence-electron chi connectivity index (χ2n) is 7.03. The molecule has 0 spiro atoms. The Labute approximate surface area is 155 Å². The SMILES string of the molecule is CC(C)c1ccc(C2=CC(c3ccccc3)N(c3ccccc3)N2)cc1. The second kappa shape index (κ2) is 7.09. The third kappa shape index (κ3) is 3.23. The molecule has 3 aromatic carbocycles. The summed E-state index contributed by atoms with van der Waals surface area (Å²) < 4.78 is 0. The van der Waals surface area contributed by atoms with E-state index in [1.165, 1.54) is 16.7 Å². The molecule has 0 aliphatic carbocycles. The van der Waals surface area contributed by atoms with E-state index in [2.05, 4.69) is 115 Å². The van der Waals surface area contributed by atoms with E-state index in [-0.39, 0.29) is 6.04 Å². The minimum Gasteiger partial charge on any atom is -0.297 e. The quantitative estimate of drug-likeness (QED) is 0.634. The maximum Gasteiger partial charge on any atom is 0.0958 e.